The van der Waals surface area contributed by atoms with Crippen molar-refractivity contribution in [3.8, 4) is 5.75 Å². The predicted octanol–water partition coefficient (Wildman–Crippen LogP) is 3.56. The minimum atomic E-state index is 0.392. The summed E-state index contributed by atoms with van der Waals surface area (Å²) in [5.41, 5.74) is 8.11. The van der Waals surface area contributed by atoms with Crippen molar-refractivity contribution in [3.63, 3.8) is 0 Å². The minimum Gasteiger partial charge on any atom is -0.490 e. The van der Waals surface area contributed by atoms with Gasteiger partial charge in [0, 0.05) is 12.1 Å². The standard InChI is InChI=1S/C15H23NO/c1-12-7-6-8-13(11-16)15(12)17-14-9-4-2-3-5-10-14/h6-8,14H,2-5,9-11,16H2,1H3. The van der Waals surface area contributed by atoms with E-state index >= 15 is 0 Å². The van der Waals surface area contributed by atoms with Gasteiger partial charge >= 0.3 is 0 Å². The van der Waals surface area contributed by atoms with Gasteiger partial charge in [0.25, 0.3) is 0 Å². The fourth-order valence-corrected chi connectivity index (χ4v) is 2.57. The third-order valence-corrected chi connectivity index (χ3v) is 3.60. The van der Waals surface area contributed by atoms with E-state index in [0.29, 0.717) is 12.6 Å². The summed E-state index contributed by atoms with van der Waals surface area (Å²) < 4.78 is 6.21. The summed E-state index contributed by atoms with van der Waals surface area (Å²) >= 11 is 0. The van der Waals surface area contributed by atoms with Gasteiger partial charge in [-0.1, -0.05) is 31.0 Å². The van der Waals surface area contributed by atoms with Gasteiger partial charge in [-0.05, 0) is 38.2 Å². The maximum Gasteiger partial charge on any atom is 0.127 e. The zero-order valence-electron chi connectivity index (χ0n) is 10.7. The second-order valence-electron chi connectivity index (χ2n) is 5.00. The molecule has 1 aliphatic carbocycles. The Morgan fingerprint density at radius 3 is 2.53 bits per heavy atom. The van der Waals surface area contributed by atoms with Crippen LogP contribution in [-0.2, 0) is 6.54 Å². The molecule has 0 radical (unpaired) electrons. The van der Waals surface area contributed by atoms with E-state index in [1.54, 1.807) is 0 Å². The van der Waals surface area contributed by atoms with Gasteiger partial charge in [0.1, 0.15) is 5.75 Å². The Balaban J connectivity index is 2.11. The van der Waals surface area contributed by atoms with Crippen LogP contribution in [0, 0.1) is 6.92 Å². The molecule has 0 unspecified atom stereocenters. The molecule has 0 saturated heterocycles. The molecule has 0 aliphatic heterocycles. The van der Waals surface area contributed by atoms with E-state index < -0.39 is 0 Å². The lowest BCUT2D eigenvalue weighted by molar-refractivity contribution is 0.181. The summed E-state index contributed by atoms with van der Waals surface area (Å²) in [6.07, 6.45) is 8.10. The highest BCUT2D eigenvalue weighted by atomic mass is 16.5. The highest BCUT2D eigenvalue weighted by molar-refractivity contribution is 5.40. The fraction of sp³-hybridized carbons (Fsp3) is 0.600. The van der Waals surface area contributed by atoms with E-state index in [-0.39, 0.29) is 0 Å². The van der Waals surface area contributed by atoms with Crippen molar-refractivity contribution >= 4 is 0 Å². The van der Waals surface area contributed by atoms with Gasteiger partial charge in [-0.25, -0.2) is 0 Å². The normalized spacial score (nSPS) is 17.8. The van der Waals surface area contributed by atoms with Crippen LogP contribution in [0.2, 0.25) is 0 Å². The molecule has 2 rings (SSSR count). The molecule has 1 aromatic rings. The van der Waals surface area contributed by atoms with Gasteiger partial charge in [-0.15, -0.1) is 0 Å². The zero-order valence-corrected chi connectivity index (χ0v) is 10.7. The van der Waals surface area contributed by atoms with E-state index in [9.17, 15) is 0 Å². The smallest absolute Gasteiger partial charge is 0.127 e. The molecule has 1 aromatic carbocycles. The number of nitrogens with two attached hydrogens (primary N) is 1. The predicted molar refractivity (Wildman–Crippen MR) is 71.2 cm³/mol. The third-order valence-electron chi connectivity index (χ3n) is 3.60. The van der Waals surface area contributed by atoms with Crippen LogP contribution in [0.15, 0.2) is 18.2 Å². The topological polar surface area (TPSA) is 35.2 Å². The molecule has 0 spiro atoms. The van der Waals surface area contributed by atoms with Crippen molar-refractivity contribution in [2.24, 2.45) is 5.73 Å². The monoisotopic (exact) mass is 233 g/mol. The first kappa shape index (κ1) is 12.4. The molecule has 1 fully saturated rings. The fourth-order valence-electron chi connectivity index (χ4n) is 2.57. The number of para-hydroxylation sites is 1. The van der Waals surface area contributed by atoms with Crippen LogP contribution in [0.25, 0.3) is 0 Å². The van der Waals surface area contributed by atoms with E-state index in [1.807, 2.05) is 0 Å². The van der Waals surface area contributed by atoms with Crippen LogP contribution in [-0.4, -0.2) is 6.10 Å². The largest absolute Gasteiger partial charge is 0.490 e. The Morgan fingerprint density at radius 1 is 1.18 bits per heavy atom. The zero-order chi connectivity index (χ0) is 12.1. The lowest BCUT2D eigenvalue weighted by atomic mass is 10.1. The molecule has 0 bridgehead atoms. The van der Waals surface area contributed by atoms with Crippen molar-refractivity contribution in [2.75, 3.05) is 0 Å². The first-order valence-electron chi connectivity index (χ1n) is 6.76. The van der Waals surface area contributed by atoms with Crippen LogP contribution >= 0.6 is 0 Å². The Kier molecular flexibility index (Phi) is 4.43. The Labute approximate surface area is 104 Å². The summed E-state index contributed by atoms with van der Waals surface area (Å²) in [5.74, 6) is 1.03. The minimum absolute atomic E-state index is 0.392. The first-order valence-corrected chi connectivity index (χ1v) is 6.76. The summed E-state index contributed by atoms with van der Waals surface area (Å²) in [6.45, 7) is 2.66. The molecule has 17 heavy (non-hydrogen) atoms. The Morgan fingerprint density at radius 2 is 1.88 bits per heavy atom. The third kappa shape index (κ3) is 3.22. The number of aryl methyl sites for hydroxylation is 1. The van der Waals surface area contributed by atoms with Crippen molar-refractivity contribution in [1.82, 2.24) is 0 Å². The Hall–Kier alpha value is -1.02. The highest BCUT2D eigenvalue weighted by Crippen LogP contribution is 2.28. The SMILES string of the molecule is Cc1cccc(CN)c1OC1CCCCCC1. The quantitative estimate of drug-likeness (QED) is 0.810. The van der Waals surface area contributed by atoms with Crippen molar-refractivity contribution < 1.29 is 4.74 Å². The number of hydrogen-bond acceptors (Lipinski definition) is 2. The molecule has 0 atom stereocenters. The number of benzene rings is 1. The van der Waals surface area contributed by atoms with E-state index in [1.165, 1.54) is 44.1 Å². The molecule has 0 aromatic heterocycles. The van der Waals surface area contributed by atoms with Gasteiger partial charge in [-0.3, -0.25) is 0 Å². The molecule has 0 amide bonds. The van der Waals surface area contributed by atoms with Crippen LogP contribution < -0.4 is 10.5 Å². The number of hydrogen-bond donors (Lipinski definition) is 1. The van der Waals surface area contributed by atoms with Gasteiger partial charge in [-0.2, -0.15) is 0 Å². The van der Waals surface area contributed by atoms with Gasteiger partial charge in [0.2, 0.25) is 0 Å². The van der Waals surface area contributed by atoms with Gasteiger partial charge in [0.15, 0.2) is 0 Å². The van der Waals surface area contributed by atoms with Crippen LogP contribution in [0.5, 0.6) is 5.75 Å². The van der Waals surface area contributed by atoms with Crippen LogP contribution in [0.1, 0.15) is 49.7 Å². The van der Waals surface area contributed by atoms with E-state index in [2.05, 4.69) is 25.1 Å². The summed E-state index contributed by atoms with van der Waals surface area (Å²) in [7, 11) is 0. The van der Waals surface area contributed by atoms with Gasteiger partial charge < -0.3 is 10.5 Å². The molecule has 2 N–H and O–H groups in total. The molecule has 1 saturated carbocycles. The summed E-state index contributed by atoms with van der Waals surface area (Å²) in [6, 6.07) is 6.22. The number of ether oxygens (including phenoxy) is 1. The molecule has 0 heterocycles. The Bertz CT molecular complexity index is 354. The summed E-state index contributed by atoms with van der Waals surface area (Å²) in [5, 5.41) is 0. The average molecular weight is 233 g/mol. The molecule has 2 nitrogen and oxygen atoms in total. The second kappa shape index (κ2) is 6.06. The molecule has 1 aliphatic rings. The summed E-state index contributed by atoms with van der Waals surface area (Å²) in [4.78, 5) is 0. The maximum atomic E-state index is 6.21. The van der Waals surface area contributed by atoms with Crippen molar-refractivity contribution in [1.29, 1.82) is 0 Å². The maximum absolute atomic E-state index is 6.21. The lowest BCUT2D eigenvalue weighted by Crippen LogP contribution is -2.17. The van der Waals surface area contributed by atoms with Gasteiger partial charge in [0.05, 0.1) is 6.10 Å². The van der Waals surface area contributed by atoms with Crippen LogP contribution in [0.4, 0.5) is 0 Å². The molecular weight excluding hydrogens is 210 g/mol. The molecule has 2 heteroatoms. The highest BCUT2D eigenvalue weighted by Gasteiger charge is 2.16. The lowest BCUT2D eigenvalue weighted by Gasteiger charge is -2.20. The van der Waals surface area contributed by atoms with Crippen molar-refractivity contribution in [3.05, 3.63) is 29.3 Å². The second-order valence-corrected chi connectivity index (χ2v) is 5.00. The van der Waals surface area contributed by atoms with Crippen LogP contribution in [0.3, 0.4) is 0 Å². The average Bonchev–Trinajstić information content (AvgIpc) is 2.60. The number of rotatable bonds is 3. The molecular formula is C15H23NO. The molecule has 94 valence electrons. The first-order chi connectivity index (χ1) is 8.31. The van der Waals surface area contributed by atoms with E-state index in [4.69, 9.17) is 10.5 Å². The van der Waals surface area contributed by atoms with Crippen molar-refractivity contribution in [2.45, 2.75) is 58.1 Å². The van der Waals surface area contributed by atoms with E-state index in [0.717, 1.165) is 11.3 Å².